The van der Waals surface area contributed by atoms with E-state index in [0.717, 1.165) is 0 Å². The Morgan fingerprint density at radius 3 is 3.00 bits per heavy atom. The highest BCUT2D eigenvalue weighted by atomic mass is 35.5. The van der Waals surface area contributed by atoms with Crippen LogP contribution in [0.3, 0.4) is 0 Å². The monoisotopic (exact) mass is 234 g/mol. The zero-order chi connectivity index (χ0) is 11.3. The maximum atomic E-state index is 12.1. The van der Waals surface area contributed by atoms with E-state index in [1.54, 1.807) is 36.1 Å². The lowest BCUT2D eigenvalue weighted by Gasteiger charge is -1.96. The molecule has 0 amide bonds. The second kappa shape index (κ2) is 3.09. The molecule has 0 unspecified atom stereocenters. The van der Waals surface area contributed by atoms with Crippen molar-refractivity contribution in [2.45, 2.75) is 0 Å². The quantitative estimate of drug-likeness (QED) is 0.600. The van der Waals surface area contributed by atoms with Gasteiger partial charge >= 0.3 is 0 Å². The van der Waals surface area contributed by atoms with Crippen LogP contribution in [0.2, 0.25) is 5.02 Å². The first kappa shape index (κ1) is 9.42. The van der Waals surface area contributed by atoms with Crippen LogP contribution in [0.15, 0.2) is 33.6 Å². The van der Waals surface area contributed by atoms with Gasteiger partial charge in [-0.3, -0.25) is 9.48 Å². The molecule has 3 rings (SSSR count). The topological polar surface area (TPSA) is 48.0 Å². The van der Waals surface area contributed by atoms with E-state index in [-0.39, 0.29) is 5.43 Å². The number of benzene rings is 1. The molecule has 0 saturated carbocycles. The molecule has 1 aromatic carbocycles. The Morgan fingerprint density at radius 2 is 2.19 bits per heavy atom. The fourth-order valence-corrected chi connectivity index (χ4v) is 1.88. The summed E-state index contributed by atoms with van der Waals surface area (Å²) in [6.07, 6.45) is 1.65. The summed E-state index contributed by atoms with van der Waals surface area (Å²) in [6, 6.07) is 4.95. The van der Waals surface area contributed by atoms with Crippen LogP contribution in [0.4, 0.5) is 0 Å². The minimum atomic E-state index is -0.0824. The van der Waals surface area contributed by atoms with Crippen molar-refractivity contribution in [1.82, 2.24) is 9.78 Å². The van der Waals surface area contributed by atoms with E-state index in [2.05, 4.69) is 5.10 Å². The summed E-state index contributed by atoms with van der Waals surface area (Å²) in [4.78, 5) is 12.1. The highest BCUT2D eigenvalue weighted by Crippen LogP contribution is 2.20. The molecule has 0 atom stereocenters. The molecule has 0 radical (unpaired) electrons. The van der Waals surface area contributed by atoms with Crippen LogP contribution >= 0.6 is 11.6 Å². The normalized spacial score (nSPS) is 11.4. The van der Waals surface area contributed by atoms with Gasteiger partial charge in [0.05, 0.1) is 5.39 Å². The van der Waals surface area contributed by atoms with Gasteiger partial charge in [0.1, 0.15) is 11.0 Å². The molecule has 0 spiro atoms. The summed E-state index contributed by atoms with van der Waals surface area (Å²) in [5.74, 6) is 0. The first-order valence-electron chi connectivity index (χ1n) is 4.71. The molecule has 0 fully saturated rings. The Hall–Kier alpha value is -1.81. The van der Waals surface area contributed by atoms with E-state index in [9.17, 15) is 4.79 Å². The third-order valence-corrected chi connectivity index (χ3v) is 2.67. The van der Waals surface area contributed by atoms with Gasteiger partial charge in [0.2, 0.25) is 11.1 Å². The lowest BCUT2D eigenvalue weighted by atomic mass is 10.2. The fourth-order valence-electron chi connectivity index (χ4n) is 1.72. The van der Waals surface area contributed by atoms with Crippen molar-refractivity contribution in [1.29, 1.82) is 0 Å². The minimum Gasteiger partial charge on any atom is -0.436 e. The molecule has 80 valence electrons. The van der Waals surface area contributed by atoms with Gasteiger partial charge < -0.3 is 4.42 Å². The van der Waals surface area contributed by atoms with Gasteiger partial charge in [-0.25, -0.2) is 0 Å². The maximum absolute atomic E-state index is 12.1. The van der Waals surface area contributed by atoms with Gasteiger partial charge in [0, 0.05) is 24.3 Å². The van der Waals surface area contributed by atoms with E-state index in [0.29, 0.717) is 27.1 Å². The van der Waals surface area contributed by atoms with E-state index >= 15 is 0 Å². The Morgan fingerprint density at radius 1 is 1.38 bits per heavy atom. The summed E-state index contributed by atoms with van der Waals surface area (Å²) >= 11 is 5.84. The van der Waals surface area contributed by atoms with E-state index < -0.39 is 0 Å². The lowest BCUT2D eigenvalue weighted by Crippen LogP contribution is -2.00. The molecule has 3 aromatic rings. The molecule has 0 bridgehead atoms. The lowest BCUT2D eigenvalue weighted by molar-refractivity contribution is 0.625. The highest BCUT2D eigenvalue weighted by molar-refractivity contribution is 6.31. The second-order valence-electron chi connectivity index (χ2n) is 3.59. The van der Waals surface area contributed by atoms with Crippen LogP contribution in [0.25, 0.3) is 22.1 Å². The molecule has 0 aliphatic heterocycles. The number of hydrogen-bond donors (Lipinski definition) is 0. The minimum absolute atomic E-state index is 0.0824. The van der Waals surface area contributed by atoms with Crippen molar-refractivity contribution >= 4 is 33.7 Å². The van der Waals surface area contributed by atoms with E-state index in [1.165, 1.54) is 0 Å². The van der Waals surface area contributed by atoms with Gasteiger partial charge in [-0.2, -0.15) is 0 Å². The predicted molar refractivity (Wildman–Crippen MR) is 61.8 cm³/mol. The third-order valence-electron chi connectivity index (χ3n) is 2.43. The molecular formula is C11H7ClN2O2. The summed E-state index contributed by atoms with van der Waals surface area (Å²) in [7, 11) is 1.74. The fraction of sp³-hybridized carbons (Fsp3) is 0.0909. The van der Waals surface area contributed by atoms with Crippen molar-refractivity contribution in [3.8, 4) is 0 Å². The summed E-state index contributed by atoms with van der Waals surface area (Å²) in [6.45, 7) is 0. The SMILES string of the molecule is Cn1cc2c(=O)c3ccc(Cl)cc3oc2n1. The number of rotatable bonds is 0. The van der Waals surface area contributed by atoms with Gasteiger partial charge in [0.25, 0.3) is 0 Å². The molecule has 2 heterocycles. The second-order valence-corrected chi connectivity index (χ2v) is 4.03. The number of hydrogen-bond acceptors (Lipinski definition) is 3. The zero-order valence-electron chi connectivity index (χ0n) is 8.40. The maximum Gasteiger partial charge on any atom is 0.249 e. The number of aromatic nitrogens is 2. The largest absolute Gasteiger partial charge is 0.436 e. The van der Waals surface area contributed by atoms with E-state index in [4.69, 9.17) is 16.0 Å². The third kappa shape index (κ3) is 1.23. The van der Waals surface area contributed by atoms with Gasteiger partial charge in [0.15, 0.2) is 0 Å². The number of fused-ring (bicyclic) bond motifs is 2. The first-order valence-corrected chi connectivity index (χ1v) is 5.09. The molecule has 16 heavy (non-hydrogen) atoms. The predicted octanol–water partition coefficient (Wildman–Crippen LogP) is 2.33. The Bertz CT molecular complexity index is 758. The standard InChI is InChI=1S/C11H7ClN2O2/c1-14-5-8-10(15)7-3-2-6(12)4-9(7)16-11(8)13-14/h2-5H,1H3. The average Bonchev–Trinajstić information content (AvgIpc) is 2.59. The van der Waals surface area contributed by atoms with Crippen molar-refractivity contribution in [2.24, 2.45) is 7.05 Å². The summed E-state index contributed by atoms with van der Waals surface area (Å²) in [5, 5.41) is 5.60. The van der Waals surface area contributed by atoms with Crippen molar-refractivity contribution in [3.63, 3.8) is 0 Å². The number of halogens is 1. The number of aryl methyl sites for hydroxylation is 1. The molecule has 2 aromatic heterocycles. The molecule has 5 heteroatoms. The van der Waals surface area contributed by atoms with Crippen LogP contribution in [-0.4, -0.2) is 9.78 Å². The van der Waals surface area contributed by atoms with Crippen LogP contribution < -0.4 is 5.43 Å². The summed E-state index contributed by atoms with van der Waals surface area (Å²) in [5.41, 5.74) is 0.715. The van der Waals surface area contributed by atoms with Crippen molar-refractivity contribution in [3.05, 3.63) is 39.6 Å². The summed E-state index contributed by atoms with van der Waals surface area (Å²) < 4.78 is 7.06. The first-order chi connectivity index (χ1) is 7.65. The van der Waals surface area contributed by atoms with Crippen molar-refractivity contribution in [2.75, 3.05) is 0 Å². The smallest absolute Gasteiger partial charge is 0.249 e. The zero-order valence-corrected chi connectivity index (χ0v) is 9.15. The van der Waals surface area contributed by atoms with Gasteiger partial charge in [-0.15, -0.1) is 5.10 Å². The molecule has 4 nitrogen and oxygen atoms in total. The van der Waals surface area contributed by atoms with Crippen LogP contribution in [0, 0.1) is 0 Å². The van der Waals surface area contributed by atoms with Gasteiger partial charge in [-0.05, 0) is 12.1 Å². The Labute approximate surface area is 95.0 Å². The van der Waals surface area contributed by atoms with Crippen molar-refractivity contribution < 1.29 is 4.42 Å². The molecular weight excluding hydrogens is 228 g/mol. The molecule has 0 saturated heterocycles. The van der Waals surface area contributed by atoms with Gasteiger partial charge in [-0.1, -0.05) is 11.6 Å². The molecule has 0 N–H and O–H groups in total. The Kier molecular flexibility index (Phi) is 1.82. The van der Waals surface area contributed by atoms with E-state index in [1.807, 2.05) is 0 Å². The highest BCUT2D eigenvalue weighted by Gasteiger charge is 2.10. The average molecular weight is 235 g/mol. The molecule has 0 aliphatic carbocycles. The van der Waals surface area contributed by atoms with Crippen LogP contribution in [0.1, 0.15) is 0 Å². The van der Waals surface area contributed by atoms with Crippen LogP contribution in [0.5, 0.6) is 0 Å². The Balaban J connectivity index is 2.60. The molecule has 0 aliphatic rings. The van der Waals surface area contributed by atoms with Crippen LogP contribution in [-0.2, 0) is 7.05 Å². The number of nitrogens with zero attached hydrogens (tertiary/aromatic N) is 2.